The van der Waals surface area contributed by atoms with Crippen LogP contribution in [0.15, 0.2) is 101 Å². The molecule has 2 aromatic carbocycles. The molecule has 4 amide bonds. The first-order valence-electron chi connectivity index (χ1n) is 45.0. The summed E-state index contributed by atoms with van der Waals surface area (Å²) in [7, 11) is -1.13. The molecule has 3 fully saturated rings. The molecule has 720 valence electrons. The van der Waals surface area contributed by atoms with Crippen LogP contribution in [-0.2, 0) is 102 Å². The molecule has 5 heterocycles. The van der Waals surface area contributed by atoms with Gasteiger partial charge in [0, 0.05) is 106 Å². The van der Waals surface area contributed by atoms with Crippen molar-refractivity contribution in [3.63, 3.8) is 0 Å². The number of benzene rings is 2. The quantitative estimate of drug-likeness (QED) is 0.0123. The number of carbonyl (C=O) groups is 7. The third-order valence-electron chi connectivity index (χ3n) is 24.1. The third kappa shape index (κ3) is 33.5. The first kappa shape index (κ1) is 106. The molecule has 2 bridgehead atoms. The number of sulfone groups is 1. The molecule has 5 aliphatic rings. The topological polar surface area (TPSA) is 459 Å². The number of aliphatic hydroxyl groups is 4. The number of ketones is 2. The number of anilines is 1. The van der Waals surface area contributed by atoms with E-state index in [1.54, 1.807) is 53.1 Å². The van der Waals surface area contributed by atoms with Crippen LogP contribution >= 0.6 is 0 Å². The van der Waals surface area contributed by atoms with E-state index in [-0.39, 0.29) is 133 Å². The molecule has 34 nitrogen and oxygen atoms in total. The van der Waals surface area contributed by atoms with Crippen molar-refractivity contribution in [3.8, 4) is 16.9 Å². The average Bonchev–Trinajstić information content (AvgIpc) is 0.985. The molecule has 0 spiro atoms. The number of nitrogens with two attached hydrogens (primary N) is 2. The van der Waals surface area contributed by atoms with Gasteiger partial charge in [-0.05, 0) is 155 Å². The van der Waals surface area contributed by atoms with Gasteiger partial charge in [0.25, 0.3) is 17.6 Å². The predicted octanol–water partition coefficient (Wildman–Crippen LogP) is 6.98. The lowest BCUT2D eigenvalue weighted by molar-refractivity contribution is -0.265. The third-order valence-corrected chi connectivity index (χ3v) is 25.8. The maximum absolute atomic E-state index is 15.8. The van der Waals surface area contributed by atoms with E-state index in [4.69, 9.17) is 77.8 Å². The largest absolute Gasteiger partial charge is 0.491 e. The fourth-order valence-corrected chi connectivity index (χ4v) is 17.6. The van der Waals surface area contributed by atoms with Gasteiger partial charge in [0.05, 0.1) is 142 Å². The first-order chi connectivity index (χ1) is 61.8. The van der Waals surface area contributed by atoms with Crippen LogP contribution in [0.4, 0.5) is 15.0 Å². The number of pyridine rings is 1. The number of nitrogen functional groups attached to an aromatic ring is 1. The number of nitrogens with zero attached hydrogens (tertiary/aromatic N) is 3. The molecule has 0 radical (unpaired) electrons. The van der Waals surface area contributed by atoms with Crippen LogP contribution in [0.1, 0.15) is 146 Å². The van der Waals surface area contributed by atoms with Gasteiger partial charge >= 0.3 is 12.1 Å². The van der Waals surface area contributed by atoms with Gasteiger partial charge in [-0.15, -0.1) is 0 Å². The second kappa shape index (κ2) is 54.8. The SMILES string of the molecule is CO[C@H]1C[C@@H]2CC[C@@H](C)[C@@](O)(O2)C(=O)C(=O)N2CCCC[C@H]2C(=O)O[C@H]([C@H](N)C[C@@H]2CC[C@@H](OC(=O)NCCOCCOCCOCCOCCOCCOCCOCCOCCC(=O)NCCS(=O)(=O)c3ccc(C(=O)N4CCOc5ccc(-c6ccc(N)nc6)cc5C4)c(C)c3F)[C@H](OC)C2)C[C@@H](O)[C@H](C)/C=C(\C)[C@@H](O)[C@@H](O)C(=O)[C@H](C)C[C@H](C)/C=C/C=C/C=C/1C. The number of aliphatic hydroxyl groups excluding tert-OH is 3. The minimum Gasteiger partial charge on any atom is -0.491 e. The fraction of sp³-hybridized carbons (Fsp3) is 0.656. The number of Topliss-reactive ketones (excluding diaryl/α,β-unsaturated/α-hetero) is 2. The van der Waals surface area contributed by atoms with Gasteiger partial charge in [-0.1, -0.05) is 70.2 Å². The van der Waals surface area contributed by atoms with Crippen molar-refractivity contribution in [1.29, 1.82) is 0 Å². The maximum atomic E-state index is 15.8. The van der Waals surface area contributed by atoms with E-state index in [9.17, 15) is 62.4 Å². The summed E-state index contributed by atoms with van der Waals surface area (Å²) in [5.74, 6) is -10.1. The molecule has 10 N–H and O–H groups in total. The molecule has 1 aromatic heterocycles. The summed E-state index contributed by atoms with van der Waals surface area (Å²) in [5.41, 5.74) is 16.2. The van der Waals surface area contributed by atoms with Crippen molar-refractivity contribution in [2.75, 3.05) is 164 Å². The number of nitrogens with one attached hydrogen (secondary N) is 2. The van der Waals surface area contributed by atoms with Crippen molar-refractivity contribution in [3.05, 3.63) is 119 Å². The Morgan fingerprint density at radius 2 is 1.33 bits per heavy atom. The number of fused-ring (bicyclic) bond motifs is 4. The number of amides is 4. The Bertz CT molecular complexity index is 4290. The lowest BCUT2D eigenvalue weighted by Gasteiger charge is -2.42. The van der Waals surface area contributed by atoms with Crippen LogP contribution in [0.5, 0.6) is 5.75 Å². The number of piperidine rings is 1. The molecule has 1 aliphatic carbocycles. The highest BCUT2D eigenvalue weighted by molar-refractivity contribution is 7.91. The summed E-state index contributed by atoms with van der Waals surface area (Å²) in [6, 6.07) is 9.34. The van der Waals surface area contributed by atoms with Crippen LogP contribution in [0.2, 0.25) is 0 Å². The van der Waals surface area contributed by atoms with Crippen molar-refractivity contribution in [2.24, 2.45) is 35.3 Å². The summed E-state index contributed by atoms with van der Waals surface area (Å²) in [6.07, 6.45) is 7.66. The Labute approximate surface area is 757 Å². The smallest absolute Gasteiger partial charge is 0.407 e. The second-order valence-electron chi connectivity index (χ2n) is 33.8. The van der Waals surface area contributed by atoms with E-state index >= 15 is 4.39 Å². The zero-order chi connectivity index (χ0) is 93.6. The van der Waals surface area contributed by atoms with Crippen molar-refractivity contribution < 1.29 is 133 Å². The highest BCUT2D eigenvalue weighted by Gasteiger charge is 2.53. The number of cyclic esters (lactones) is 1. The minimum absolute atomic E-state index is 0.00785. The van der Waals surface area contributed by atoms with Crippen LogP contribution < -0.4 is 26.8 Å². The van der Waals surface area contributed by atoms with Gasteiger partial charge in [0.15, 0.2) is 15.6 Å². The Balaban J connectivity index is 0.640. The predicted molar refractivity (Wildman–Crippen MR) is 474 cm³/mol. The lowest BCUT2D eigenvalue weighted by Crippen LogP contribution is -2.61. The van der Waals surface area contributed by atoms with Gasteiger partial charge in [0.1, 0.15) is 59.3 Å². The summed E-state index contributed by atoms with van der Waals surface area (Å²) >= 11 is 0. The van der Waals surface area contributed by atoms with Crippen LogP contribution in [-0.4, -0.2) is 310 Å². The molecule has 36 heteroatoms. The van der Waals surface area contributed by atoms with Crippen molar-refractivity contribution in [2.45, 2.75) is 210 Å². The van der Waals surface area contributed by atoms with Gasteiger partial charge in [0.2, 0.25) is 11.7 Å². The summed E-state index contributed by atoms with van der Waals surface area (Å²) < 4.78 is 123. The molecule has 0 unspecified atom stereocenters. The number of halogens is 1. The van der Waals surface area contributed by atoms with Crippen LogP contribution in [0.25, 0.3) is 11.1 Å². The zero-order valence-corrected chi connectivity index (χ0v) is 77.0. The Hall–Kier alpha value is -8.12. The van der Waals surface area contributed by atoms with Gasteiger partial charge in [-0.2, -0.15) is 0 Å². The number of aromatic nitrogens is 1. The van der Waals surface area contributed by atoms with Crippen LogP contribution in [0, 0.1) is 42.3 Å². The van der Waals surface area contributed by atoms with E-state index in [0.717, 1.165) is 33.2 Å². The Morgan fingerprint density at radius 3 is 1.97 bits per heavy atom. The number of esters is 1. The van der Waals surface area contributed by atoms with E-state index in [0.29, 0.717) is 136 Å². The number of methoxy groups -OCH3 is 2. The molecular formula is C93H138FN7O27S. The van der Waals surface area contributed by atoms with Crippen molar-refractivity contribution in [1.82, 2.24) is 25.4 Å². The number of hydrogen-bond acceptors (Lipinski definition) is 30. The number of carbonyl (C=O) groups excluding carboxylic acids is 7. The average molecular weight is 1840 g/mol. The molecule has 8 rings (SSSR count). The first-order valence-corrected chi connectivity index (χ1v) is 46.7. The minimum atomic E-state index is -4.19. The standard InChI is InChI=1S/C93H138FN7O27S/c1-60-15-11-10-12-16-61(2)78(115-8)56-71-22-18-65(6)93(112,128-71)88(107)90(109)101-31-14-13-17-74(101)91(110)126-79(57-75(102)62(3)52-64(5)86(105)87(106)85(104)63(4)51-60)73(95)53-67-19-24-77(80(54-67)116-9)127-92(111)98-29-34-118-37-39-120-41-43-122-45-47-124-49-48-123-46-44-121-42-40-119-38-36-117-33-28-83(103)97-30-50-129(113,114)81-26-23-72(66(7)84(81)94)89(108)100-32-35-125-76-25-20-68(55-70(76)59-100)69-21-27-82(96)99-58-69/h10-12,15-16,20-21,23,25-27,52,55,58,60,62-63,65,67,71,73-75,77-80,86-87,102,105-106,112H,13-14,17-19,22,24,28-51,53-54,56-57,59,95H2,1-9H3,(H2,96,99)(H,97,103)(H,98,111)/b12-10+,15-11+,61-16+,64-52+/t60-,62-,63-,65-,67+,71+,73-,74+,75-,77-,78+,79+,80-,86-,87+,93-/m1/s1. The molecule has 129 heavy (non-hydrogen) atoms. The van der Waals surface area contributed by atoms with E-state index in [1.807, 2.05) is 68.5 Å². The summed E-state index contributed by atoms with van der Waals surface area (Å²) in [5, 5.41) is 51.8. The normalized spacial score (nSPS) is 27.3. The van der Waals surface area contributed by atoms with E-state index in [1.165, 1.54) is 25.0 Å². The zero-order valence-electron chi connectivity index (χ0n) is 76.2. The Morgan fingerprint density at radius 1 is 0.690 bits per heavy atom. The molecule has 4 aliphatic heterocycles. The second-order valence-corrected chi connectivity index (χ2v) is 35.9. The molecular weight excluding hydrogens is 1700 g/mol. The lowest BCUT2D eigenvalue weighted by atomic mass is 9.80. The molecule has 3 aromatic rings. The maximum Gasteiger partial charge on any atom is 0.407 e. The monoisotopic (exact) mass is 1840 g/mol. The highest BCUT2D eigenvalue weighted by Crippen LogP contribution is 2.39. The van der Waals surface area contributed by atoms with E-state index < -0.39 is 152 Å². The number of rotatable bonds is 39. The Kier molecular flexibility index (Phi) is 45.1. The summed E-state index contributed by atoms with van der Waals surface area (Å²) in [6.45, 7) is 16.9. The molecule has 2 saturated heterocycles. The van der Waals surface area contributed by atoms with Crippen LogP contribution in [0.3, 0.4) is 0 Å². The highest BCUT2D eigenvalue weighted by atomic mass is 32.2. The number of allylic oxidation sites excluding steroid dienone is 5. The fourth-order valence-electron chi connectivity index (χ4n) is 16.3. The van der Waals surface area contributed by atoms with Crippen molar-refractivity contribution >= 4 is 57.0 Å². The molecule has 16 atom stereocenters. The number of hydrogen-bond donors (Lipinski definition) is 8. The molecule has 1 saturated carbocycles. The summed E-state index contributed by atoms with van der Waals surface area (Å²) in [4.78, 5) is 103. The van der Waals surface area contributed by atoms with E-state index in [2.05, 4.69) is 15.6 Å². The number of ether oxygens (including phenoxy) is 14. The van der Waals surface area contributed by atoms with Gasteiger partial charge < -0.3 is 119 Å². The van der Waals surface area contributed by atoms with Gasteiger partial charge in [-0.25, -0.2) is 27.4 Å². The van der Waals surface area contributed by atoms with Gasteiger partial charge in [-0.3, -0.25) is 24.0 Å². The number of alkyl carbamates (subject to hydrolysis) is 1.